The van der Waals surface area contributed by atoms with Crippen molar-refractivity contribution in [2.45, 2.75) is 111 Å². The van der Waals surface area contributed by atoms with Gasteiger partial charge in [-0.15, -0.1) is 0 Å². The van der Waals surface area contributed by atoms with Gasteiger partial charge in [-0.2, -0.15) is 0 Å². The van der Waals surface area contributed by atoms with Gasteiger partial charge in [0.15, 0.2) is 0 Å². The first kappa shape index (κ1) is 25.9. The molecule has 27 heavy (non-hydrogen) atoms. The van der Waals surface area contributed by atoms with Crippen LogP contribution in [0.2, 0.25) is 0 Å². The van der Waals surface area contributed by atoms with Gasteiger partial charge < -0.3 is 9.47 Å². The van der Waals surface area contributed by atoms with Crippen molar-refractivity contribution < 1.29 is 19.1 Å². The molecule has 160 valence electrons. The van der Waals surface area contributed by atoms with E-state index in [0.29, 0.717) is 37.9 Å². The summed E-state index contributed by atoms with van der Waals surface area (Å²) in [5, 5.41) is 0. The fourth-order valence-corrected chi connectivity index (χ4v) is 3.13. The zero-order chi connectivity index (χ0) is 20.3. The number of unbranched alkanes of at least 4 members (excludes halogenated alkanes) is 6. The van der Waals surface area contributed by atoms with Crippen LogP contribution in [-0.4, -0.2) is 25.2 Å². The Balaban J connectivity index is 4.02. The molecule has 0 saturated heterocycles. The number of carbonyl (C=O) groups excluding carboxylic acids is 2. The van der Waals surface area contributed by atoms with Crippen molar-refractivity contribution in [3.63, 3.8) is 0 Å². The molecule has 0 aromatic rings. The lowest BCUT2D eigenvalue weighted by molar-refractivity contribution is -0.145. The van der Waals surface area contributed by atoms with E-state index < -0.39 is 0 Å². The summed E-state index contributed by atoms with van der Waals surface area (Å²) in [6.07, 6.45) is 12.7. The average molecular weight is 385 g/mol. The summed E-state index contributed by atoms with van der Waals surface area (Å²) in [5.74, 6) is 0.544. The van der Waals surface area contributed by atoms with E-state index in [1.165, 1.54) is 25.7 Å². The molecule has 0 N–H and O–H groups in total. The van der Waals surface area contributed by atoms with E-state index in [9.17, 15) is 9.59 Å². The zero-order valence-corrected chi connectivity index (χ0v) is 18.4. The summed E-state index contributed by atoms with van der Waals surface area (Å²) in [6.45, 7) is 9.57. The van der Waals surface area contributed by atoms with Gasteiger partial charge in [-0.1, -0.05) is 79.1 Å². The molecular weight excluding hydrogens is 340 g/mol. The Labute approximate surface area is 167 Å². The third kappa shape index (κ3) is 15.7. The average Bonchev–Trinajstić information content (AvgIpc) is 2.68. The van der Waals surface area contributed by atoms with Gasteiger partial charge in [0.05, 0.1) is 13.2 Å². The fourth-order valence-electron chi connectivity index (χ4n) is 3.13. The first-order chi connectivity index (χ1) is 13.1. The van der Waals surface area contributed by atoms with Gasteiger partial charge in [-0.25, -0.2) is 0 Å². The van der Waals surface area contributed by atoms with Crippen LogP contribution in [0.3, 0.4) is 0 Å². The minimum Gasteiger partial charge on any atom is -0.465 e. The van der Waals surface area contributed by atoms with Crippen LogP contribution in [0.4, 0.5) is 0 Å². The maximum Gasteiger partial charge on any atom is 0.305 e. The molecule has 0 rings (SSSR count). The second kappa shape index (κ2) is 18.3. The van der Waals surface area contributed by atoms with Crippen molar-refractivity contribution in [2.75, 3.05) is 13.2 Å². The summed E-state index contributed by atoms with van der Waals surface area (Å²) in [7, 11) is 0. The minimum atomic E-state index is -0.0730. The third-order valence-electron chi connectivity index (χ3n) is 5.25. The first-order valence-corrected chi connectivity index (χ1v) is 11.4. The smallest absolute Gasteiger partial charge is 0.305 e. The lowest BCUT2D eigenvalue weighted by Gasteiger charge is -2.21. The van der Waals surface area contributed by atoms with E-state index in [1.54, 1.807) is 0 Å². The lowest BCUT2D eigenvalue weighted by atomic mass is 9.92. The first-order valence-electron chi connectivity index (χ1n) is 11.4. The molecule has 4 nitrogen and oxygen atoms in total. The summed E-state index contributed by atoms with van der Waals surface area (Å²) in [4.78, 5) is 23.7. The molecule has 4 heteroatoms. The van der Waals surface area contributed by atoms with Gasteiger partial charge in [0, 0.05) is 12.8 Å². The monoisotopic (exact) mass is 384 g/mol. The number of rotatable bonds is 18. The van der Waals surface area contributed by atoms with Crippen LogP contribution in [0.25, 0.3) is 0 Å². The van der Waals surface area contributed by atoms with E-state index in [0.717, 1.165) is 44.9 Å². The lowest BCUT2D eigenvalue weighted by Crippen LogP contribution is -2.20. The normalized spacial score (nSPS) is 13.2. The molecule has 0 aliphatic rings. The Hall–Kier alpha value is -1.06. The minimum absolute atomic E-state index is 0.0730. The molecule has 0 bridgehead atoms. The Morgan fingerprint density at radius 2 is 1.04 bits per heavy atom. The van der Waals surface area contributed by atoms with Crippen molar-refractivity contribution in [1.82, 2.24) is 0 Å². The Kier molecular flexibility index (Phi) is 17.6. The third-order valence-corrected chi connectivity index (χ3v) is 5.25. The Bertz CT molecular complexity index is 333. The van der Waals surface area contributed by atoms with E-state index in [1.807, 2.05) is 0 Å². The summed E-state index contributed by atoms with van der Waals surface area (Å²) in [6, 6.07) is 0. The van der Waals surface area contributed by atoms with Gasteiger partial charge >= 0.3 is 11.9 Å². The molecule has 0 aliphatic heterocycles. The molecule has 0 aliphatic carbocycles. The number of esters is 2. The second-order valence-corrected chi connectivity index (χ2v) is 7.77. The largest absolute Gasteiger partial charge is 0.465 e. The quantitative estimate of drug-likeness (QED) is 0.201. The van der Waals surface area contributed by atoms with Crippen LogP contribution >= 0.6 is 0 Å². The predicted molar refractivity (Wildman–Crippen MR) is 112 cm³/mol. The zero-order valence-electron chi connectivity index (χ0n) is 18.4. The van der Waals surface area contributed by atoms with Crippen molar-refractivity contribution in [3.8, 4) is 0 Å². The van der Waals surface area contributed by atoms with E-state index in [2.05, 4.69) is 27.7 Å². The van der Waals surface area contributed by atoms with Crippen molar-refractivity contribution in [1.29, 1.82) is 0 Å². The summed E-state index contributed by atoms with van der Waals surface area (Å²) in [5.41, 5.74) is 0. The van der Waals surface area contributed by atoms with Crippen LogP contribution in [0, 0.1) is 11.8 Å². The van der Waals surface area contributed by atoms with Crippen molar-refractivity contribution in [2.24, 2.45) is 11.8 Å². The van der Waals surface area contributed by atoms with Crippen LogP contribution in [-0.2, 0) is 19.1 Å². The van der Waals surface area contributed by atoms with Gasteiger partial charge in [-0.05, 0) is 31.1 Å². The molecule has 0 amide bonds. The number of hydrogen-bond donors (Lipinski definition) is 0. The highest BCUT2D eigenvalue weighted by Gasteiger charge is 2.17. The Morgan fingerprint density at radius 1 is 0.630 bits per heavy atom. The molecule has 0 aromatic heterocycles. The molecule has 0 spiro atoms. The van der Waals surface area contributed by atoms with E-state index >= 15 is 0 Å². The van der Waals surface area contributed by atoms with Gasteiger partial charge in [0.25, 0.3) is 0 Å². The highest BCUT2D eigenvalue weighted by molar-refractivity contribution is 5.69. The SMILES string of the molecule is CCCCCCC(=O)OCC(CC)CC(CC)COC(=O)CCCCCC. The number of carbonyl (C=O) groups is 2. The highest BCUT2D eigenvalue weighted by atomic mass is 16.5. The maximum atomic E-state index is 11.9. The maximum absolute atomic E-state index is 11.9. The van der Waals surface area contributed by atoms with Gasteiger partial charge in [-0.3, -0.25) is 9.59 Å². The molecule has 0 heterocycles. The molecule has 2 atom stereocenters. The summed E-state index contributed by atoms with van der Waals surface area (Å²) < 4.78 is 11.0. The second-order valence-electron chi connectivity index (χ2n) is 7.77. The molecule has 0 aromatic carbocycles. The van der Waals surface area contributed by atoms with E-state index in [4.69, 9.17) is 9.47 Å². The van der Waals surface area contributed by atoms with E-state index in [-0.39, 0.29) is 11.9 Å². The van der Waals surface area contributed by atoms with Gasteiger partial charge in [0.2, 0.25) is 0 Å². The van der Waals surface area contributed by atoms with Crippen LogP contribution in [0.15, 0.2) is 0 Å². The van der Waals surface area contributed by atoms with Crippen LogP contribution in [0.1, 0.15) is 111 Å². The number of hydrogen-bond acceptors (Lipinski definition) is 4. The molecule has 0 saturated carbocycles. The Morgan fingerprint density at radius 3 is 1.37 bits per heavy atom. The highest BCUT2D eigenvalue weighted by Crippen LogP contribution is 2.20. The predicted octanol–water partition coefficient (Wildman–Crippen LogP) is 6.46. The molecular formula is C23H44O4. The fraction of sp³-hybridized carbons (Fsp3) is 0.913. The standard InChI is InChI=1S/C23H44O4/c1-5-9-11-13-15-22(24)26-18-20(7-3)17-21(8-4)19-27-23(25)16-14-12-10-6-2/h20-21H,5-19H2,1-4H3. The molecule has 0 radical (unpaired) electrons. The van der Waals surface area contributed by atoms with Crippen molar-refractivity contribution >= 4 is 11.9 Å². The van der Waals surface area contributed by atoms with Crippen LogP contribution in [0.5, 0.6) is 0 Å². The molecule has 0 fully saturated rings. The summed E-state index contributed by atoms with van der Waals surface area (Å²) >= 11 is 0. The van der Waals surface area contributed by atoms with Crippen LogP contribution < -0.4 is 0 Å². The molecule has 2 unspecified atom stereocenters. The van der Waals surface area contributed by atoms with Crippen molar-refractivity contribution in [3.05, 3.63) is 0 Å². The number of ether oxygens (including phenoxy) is 2. The topological polar surface area (TPSA) is 52.6 Å². The van der Waals surface area contributed by atoms with Gasteiger partial charge in [0.1, 0.15) is 0 Å².